The third kappa shape index (κ3) is 6.72. The number of amides is 3. The number of hydrogen-bond donors (Lipinski definition) is 3. The van der Waals surface area contributed by atoms with Gasteiger partial charge in [-0.1, -0.05) is 13.0 Å². The van der Waals surface area contributed by atoms with Crippen LogP contribution in [-0.2, 0) is 11.3 Å². The second kappa shape index (κ2) is 8.90. The molecule has 6 nitrogen and oxygen atoms in total. The van der Waals surface area contributed by atoms with Crippen LogP contribution in [0.15, 0.2) is 24.4 Å². The fourth-order valence-electron chi connectivity index (χ4n) is 1.47. The molecule has 0 aliphatic rings. The van der Waals surface area contributed by atoms with Gasteiger partial charge >= 0.3 is 6.03 Å². The predicted octanol–water partition coefficient (Wildman–Crippen LogP) is 1.19. The first kappa shape index (κ1) is 15.9. The number of rotatable bonds is 7. The Balaban J connectivity index is 2.13. The Bertz CT molecular complexity index is 422. The first-order valence-electron chi connectivity index (χ1n) is 6.82. The second-order valence-corrected chi connectivity index (χ2v) is 4.56. The summed E-state index contributed by atoms with van der Waals surface area (Å²) in [5.41, 5.74) is 0.789. The molecule has 0 fully saturated rings. The Morgan fingerprint density at radius 2 is 2.10 bits per heavy atom. The van der Waals surface area contributed by atoms with E-state index >= 15 is 0 Å². The van der Waals surface area contributed by atoms with Crippen LogP contribution in [-0.4, -0.2) is 29.5 Å². The summed E-state index contributed by atoms with van der Waals surface area (Å²) >= 11 is 0. The molecular formula is C14H22N4O2. The molecule has 20 heavy (non-hydrogen) atoms. The summed E-state index contributed by atoms with van der Waals surface area (Å²) in [6.45, 7) is 4.64. The highest BCUT2D eigenvalue weighted by Gasteiger charge is 2.06. The lowest BCUT2D eigenvalue weighted by Crippen LogP contribution is -2.39. The third-order valence-corrected chi connectivity index (χ3v) is 2.81. The van der Waals surface area contributed by atoms with Crippen molar-refractivity contribution in [2.24, 2.45) is 0 Å². The molecule has 0 aliphatic heterocycles. The summed E-state index contributed by atoms with van der Waals surface area (Å²) in [6.07, 6.45) is 2.85. The number of hydrogen-bond acceptors (Lipinski definition) is 3. The lowest BCUT2D eigenvalue weighted by molar-refractivity contribution is -0.121. The highest BCUT2D eigenvalue weighted by atomic mass is 16.2. The number of nitrogens with one attached hydrogen (secondary N) is 3. The van der Waals surface area contributed by atoms with Crippen LogP contribution >= 0.6 is 0 Å². The molecule has 110 valence electrons. The summed E-state index contributed by atoms with van der Waals surface area (Å²) in [6, 6.07) is 5.38. The topological polar surface area (TPSA) is 83.1 Å². The molecule has 1 aromatic heterocycles. The monoisotopic (exact) mass is 278 g/mol. The molecule has 0 radical (unpaired) electrons. The smallest absolute Gasteiger partial charge is 0.315 e. The van der Waals surface area contributed by atoms with E-state index < -0.39 is 0 Å². The van der Waals surface area contributed by atoms with Gasteiger partial charge in [0.2, 0.25) is 5.91 Å². The van der Waals surface area contributed by atoms with Crippen molar-refractivity contribution in [1.29, 1.82) is 0 Å². The number of carbonyl (C=O) groups excluding carboxylic acids is 2. The van der Waals surface area contributed by atoms with Gasteiger partial charge in [0.25, 0.3) is 0 Å². The van der Waals surface area contributed by atoms with Gasteiger partial charge in [-0.05, 0) is 25.5 Å². The second-order valence-electron chi connectivity index (χ2n) is 4.56. The minimum Gasteiger partial charge on any atom is -0.354 e. The maximum absolute atomic E-state index is 11.5. The van der Waals surface area contributed by atoms with Crippen molar-refractivity contribution in [3.05, 3.63) is 30.1 Å². The van der Waals surface area contributed by atoms with E-state index in [-0.39, 0.29) is 24.4 Å². The zero-order valence-corrected chi connectivity index (χ0v) is 12.0. The van der Waals surface area contributed by atoms with Gasteiger partial charge in [0, 0.05) is 25.2 Å². The van der Waals surface area contributed by atoms with E-state index in [9.17, 15) is 9.59 Å². The SMILES string of the molecule is CC[C@@H](C)NC(=O)CCNC(=O)NCc1ccccn1. The van der Waals surface area contributed by atoms with Crippen LogP contribution in [0.5, 0.6) is 0 Å². The van der Waals surface area contributed by atoms with E-state index in [1.807, 2.05) is 32.0 Å². The number of carbonyl (C=O) groups is 2. The molecule has 3 amide bonds. The molecule has 1 rings (SSSR count). The first-order chi connectivity index (χ1) is 9.61. The van der Waals surface area contributed by atoms with Crippen LogP contribution in [0.1, 0.15) is 32.4 Å². The summed E-state index contributed by atoms with van der Waals surface area (Å²) < 4.78 is 0. The molecule has 0 bridgehead atoms. The van der Waals surface area contributed by atoms with Crippen molar-refractivity contribution in [3.63, 3.8) is 0 Å². The van der Waals surface area contributed by atoms with E-state index in [1.54, 1.807) is 6.20 Å². The first-order valence-corrected chi connectivity index (χ1v) is 6.82. The van der Waals surface area contributed by atoms with Gasteiger partial charge in [-0.15, -0.1) is 0 Å². The van der Waals surface area contributed by atoms with Gasteiger partial charge in [0.05, 0.1) is 12.2 Å². The molecule has 1 atom stereocenters. The average molecular weight is 278 g/mol. The number of pyridine rings is 1. The van der Waals surface area contributed by atoms with Crippen molar-refractivity contribution < 1.29 is 9.59 Å². The van der Waals surface area contributed by atoms with Gasteiger partial charge in [-0.3, -0.25) is 9.78 Å². The van der Waals surface area contributed by atoms with Gasteiger partial charge in [0.15, 0.2) is 0 Å². The van der Waals surface area contributed by atoms with Crippen LogP contribution in [0.4, 0.5) is 4.79 Å². The van der Waals surface area contributed by atoms with Gasteiger partial charge in [-0.25, -0.2) is 4.79 Å². The molecule has 0 aromatic carbocycles. The minimum absolute atomic E-state index is 0.0515. The van der Waals surface area contributed by atoms with Crippen molar-refractivity contribution in [2.75, 3.05) is 6.54 Å². The fourth-order valence-corrected chi connectivity index (χ4v) is 1.47. The number of urea groups is 1. The van der Waals surface area contributed by atoms with E-state index in [2.05, 4.69) is 20.9 Å². The van der Waals surface area contributed by atoms with Crippen LogP contribution in [0.2, 0.25) is 0 Å². The maximum Gasteiger partial charge on any atom is 0.315 e. The zero-order chi connectivity index (χ0) is 14.8. The molecule has 6 heteroatoms. The van der Waals surface area contributed by atoms with Crippen molar-refractivity contribution >= 4 is 11.9 Å². The number of aromatic nitrogens is 1. The molecule has 3 N–H and O–H groups in total. The maximum atomic E-state index is 11.5. The normalized spacial score (nSPS) is 11.5. The van der Waals surface area contributed by atoms with Gasteiger partial charge in [0.1, 0.15) is 0 Å². The highest BCUT2D eigenvalue weighted by molar-refractivity contribution is 5.78. The summed E-state index contributed by atoms with van der Waals surface area (Å²) in [5, 5.41) is 8.16. The largest absolute Gasteiger partial charge is 0.354 e. The molecule has 0 aliphatic carbocycles. The van der Waals surface area contributed by atoms with Crippen LogP contribution < -0.4 is 16.0 Å². The summed E-state index contributed by atoms with van der Waals surface area (Å²) in [5.74, 6) is -0.0515. The molecule has 0 spiro atoms. The van der Waals surface area contributed by atoms with Crippen molar-refractivity contribution in [3.8, 4) is 0 Å². The standard InChI is InChI=1S/C14H22N4O2/c1-3-11(2)18-13(19)7-9-16-14(20)17-10-12-6-4-5-8-15-12/h4-6,8,11H,3,7,9-10H2,1-2H3,(H,18,19)(H2,16,17,20)/t11-/m1/s1. The Hall–Kier alpha value is -2.11. The summed E-state index contributed by atoms with van der Waals surface area (Å²) in [4.78, 5) is 27.1. The molecule has 0 saturated carbocycles. The van der Waals surface area contributed by atoms with E-state index in [0.717, 1.165) is 12.1 Å². The van der Waals surface area contributed by atoms with Crippen molar-refractivity contribution in [2.45, 2.75) is 39.3 Å². The van der Waals surface area contributed by atoms with Crippen LogP contribution in [0, 0.1) is 0 Å². The minimum atomic E-state index is -0.299. The third-order valence-electron chi connectivity index (χ3n) is 2.81. The van der Waals surface area contributed by atoms with Crippen molar-refractivity contribution in [1.82, 2.24) is 20.9 Å². The number of nitrogens with zero attached hydrogens (tertiary/aromatic N) is 1. The fraction of sp³-hybridized carbons (Fsp3) is 0.500. The lowest BCUT2D eigenvalue weighted by atomic mass is 10.2. The lowest BCUT2D eigenvalue weighted by Gasteiger charge is -2.11. The Morgan fingerprint density at radius 1 is 1.30 bits per heavy atom. The Kier molecular flexibility index (Phi) is 7.10. The quantitative estimate of drug-likeness (QED) is 0.700. The van der Waals surface area contributed by atoms with E-state index in [1.165, 1.54) is 0 Å². The highest BCUT2D eigenvalue weighted by Crippen LogP contribution is 1.92. The van der Waals surface area contributed by atoms with Gasteiger partial charge in [-0.2, -0.15) is 0 Å². The summed E-state index contributed by atoms with van der Waals surface area (Å²) in [7, 11) is 0. The predicted molar refractivity (Wildman–Crippen MR) is 77.0 cm³/mol. The van der Waals surface area contributed by atoms with Gasteiger partial charge < -0.3 is 16.0 Å². The Morgan fingerprint density at radius 3 is 2.75 bits per heavy atom. The van der Waals surface area contributed by atoms with E-state index in [4.69, 9.17) is 0 Å². The van der Waals surface area contributed by atoms with Crippen LogP contribution in [0.25, 0.3) is 0 Å². The van der Waals surface area contributed by atoms with E-state index in [0.29, 0.717) is 13.1 Å². The zero-order valence-electron chi connectivity index (χ0n) is 12.0. The van der Waals surface area contributed by atoms with Crippen LogP contribution in [0.3, 0.4) is 0 Å². The molecular weight excluding hydrogens is 256 g/mol. The molecule has 1 aromatic rings. The average Bonchev–Trinajstić information content (AvgIpc) is 2.46. The Labute approximate surface area is 119 Å². The molecule has 0 saturated heterocycles. The molecule has 1 heterocycles. The molecule has 0 unspecified atom stereocenters.